The van der Waals surface area contributed by atoms with Gasteiger partial charge in [0.05, 0.1) is 6.54 Å². The van der Waals surface area contributed by atoms with Gasteiger partial charge < -0.3 is 10.1 Å². The predicted octanol–water partition coefficient (Wildman–Crippen LogP) is 4.31. The van der Waals surface area contributed by atoms with Gasteiger partial charge in [0, 0.05) is 18.9 Å². The minimum atomic E-state index is -0.561. The molecule has 152 valence electrons. The largest absolute Gasteiger partial charge is 0.481 e. The van der Waals surface area contributed by atoms with Gasteiger partial charge in [0.1, 0.15) is 5.75 Å². The molecule has 0 spiro atoms. The van der Waals surface area contributed by atoms with E-state index in [2.05, 4.69) is 43.3 Å². The third kappa shape index (κ3) is 5.95. The fourth-order valence-corrected chi connectivity index (χ4v) is 2.97. The number of hydrogen-bond acceptors (Lipinski definition) is 3. The van der Waals surface area contributed by atoms with Gasteiger partial charge in [0.15, 0.2) is 6.10 Å². The summed E-state index contributed by atoms with van der Waals surface area (Å²) < 4.78 is 7.67. The van der Waals surface area contributed by atoms with E-state index in [1.165, 1.54) is 11.1 Å². The molecule has 0 fully saturated rings. The lowest BCUT2D eigenvalue weighted by atomic mass is 9.87. The van der Waals surface area contributed by atoms with Gasteiger partial charge in [-0.2, -0.15) is 5.10 Å². The molecule has 1 aromatic heterocycles. The van der Waals surface area contributed by atoms with Crippen LogP contribution in [0.4, 0.5) is 0 Å². The molecule has 5 nitrogen and oxygen atoms in total. The fourth-order valence-electron chi connectivity index (χ4n) is 2.97. The number of ether oxygens (including phenoxy) is 1. The second-order valence-electron chi connectivity index (χ2n) is 8.27. The molecule has 0 saturated carbocycles. The van der Waals surface area contributed by atoms with Crippen molar-refractivity contribution in [3.63, 3.8) is 0 Å². The third-order valence-electron chi connectivity index (χ3n) is 4.80. The Labute approximate surface area is 172 Å². The molecule has 1 atom stereocenters. The molecule has 0 aliphatic heterocycles. The van der Waals surface area contributed by atoms with Crippen molar-refractivity contribution in [1.29, 1.82) is 0 Å². The predicted molar refractivity (Wildman–Crippen MR) is 115 cm³/mol. The Balaban J connectivity index is 1.48. The molecule has 3 rings (SSSR count). The number of nitrogens with one attached hydrogen (secondary N) is 1. The molecule has 1 amide bonds. The standard InChI is InChI=1S/C24H29N3O2/c1-18(29-22-12-10-21(11-13-22)24(2,3)4)23(28)25-16-19-6-8-20(9-7-19)17-27-15-5-14-26-27/h5-15,18H,16-17H2,1-4H3,(H,25,28). The molecule has 0 saturated heterocycles. The molecule has 0 aliphatic rings. The van der Waals surface area contributed by atoms with Crippen LogP contribution in [0, 0.1) is 0 Å². The van der Waals surface area contributed by atoms with Crippen LogP contribution in [-0.2, 0) is 23.3 Å². The first-order valence-corrected chi connectivity index (χ1v) is 9.91. The molecule has 3 aromatic rings. The van der Waals surface area contributed by atoms with E-state index < -0.39 is 6.10 Å². The summed E-state index contributed by atoms with van der Waals surface area (Å²) in [6.45, 7) is 9.48. The number of rotatable bonds is 7. The summed E-state index contributed by atoms with van der Waals surface area (Å²) in [4.78, 5) is 12.4. The average molecular weight is 392 g/mol. The number of aromatic nitrogens is 2. The van der Waals surface area contributed by atoms with E-state index in [1.807, 2.05) is 53.3 Å². The topological polar surface area (TPSA) is 56.1 Å². The lowest BCUT2D eigenvalue weighted by Gasteiger charge is -2.20. The summed E-state index contributed by atoms with van der Waals surface area (Å²) in [7, 11) is 0. The first kappa shape index (κ1) is 20.6. The maximum Gasteiger partial charge on any atom is 0.261 e. The van der Waals surface area contributed by atoms with Gasteiger partial charge in [0.2, 0.25) is 0 Å². The number of carbonyl (C=O) groups is 1. The highest BCUT2D eigenvalue weighted by Crippen LogP contribution is 2.24. The first-order valence-electron chi connectivity index (χ1n) is 9.91. The van der Waals surface area contributed by atoms with E-state index in [-0.39, 0.29) is 11.3 Å². The van der Waals surface area contributed by atoms with Gasteiger partial charge in [-0.05, 0) is 47.2 Å². The van der Waals surface area contributed by atoms with Crippen LogP contribution in [0.1, 0.15) is 44.4 Å². The number of benzene rings is 2. The van der Waals surface area contributed by atoms with E-state index in [0.29, 0.717) is 12.3 Å². The zero-order valence-corrected chi connectivity index (χ0v) is 17.6. The summed E-state index contributed by atoms with van der Waals surface area (Å²) in [5.41, 5.74) is 3.54. The van der Waals surface area contributed by atoms with E-state index in [0.717, 1.165) is 12.1 Å². The number of nitrogens with zero attached hydrogens (tertiary/aromatic N) is 2. The number of carbonyl (C=O) groups excluding carboxylic acids is 1. The highest BCUT2D eigenvalue weighted by Gasteiger charge is 2.16. The Morgan fingerprint density at radius 1 is 1.07 bits per heavy atom. The first-order chi connectivity index (χ1) is 13.8. The SMILES string of the molecule is CC(Oc1ccc(C(C)(C)C)cc1)C(=O)NCc1ccc(Cn2cccn2)cc1. The van der Waals surface area contributed by atoms with Crippen LogP contribution in [0.15, 0.2) is 67.0 Å². The zero-order chi connectivity index (χ0) is 20.9. The van der Waals surface area contributed by atoms with E-state index in [1.54, 1.807) is 13.1 Å². The van der Waals surface area contributed by atoms with Crippen LogP contribution in [0.5, 0.6) is 5.75 Å². The van der Waals surface area contributed by atoms with Crippen molar-refractivity contribution in [2.24, 2.45) is 0 Å². The van der Waals surface area contributed by atoms with Gasteiger partial charge in [-0.15, -0.1) is 0 Å². The highest BCUT2D eigenvalue weighted by molar-refractivity contribution is 5.80. The van der Waals surface area contributed by atoms with Crippen LogP contribution in [0.2, 0.25) is 0 Å². The minimum Gasteiger partial charge on any atom is -0.481 e. The van der Waals surface area contributed by atoms with E-state index in [4.69, 9.17) is 4.74 Å². The molecule has 5 heteroatoms. The quantitative estimate of drug-likeness (QED) is 0.653. The molecular weight excluding hydrogens is 362 g/mol. The minimum absolute atomic E-state index is 0.0927. The Bertz CT molecular complexity index is 908. The fraction of sp³-hybridized carbons (Fsp3) is 0.333. The molecule has 29 heavy (non-hydrogen) atoms. The monoisotopic (exact) mass is 391 g/mol. The second kappa shape index (κ2) is 8.95. The maximum absolute atomic E-state index is 12.4. The molecular formula is C24H29N3O2. The molecule has 1 unspecified atom stereocenters. The van der Waals surface area contributed by atoms with Crippen molar-refractivity contribution in [3.05, 3.63) is 83.7 Å². The van der Waals surface area contributed by atoms with Crippen LogP contribution >= 0.6 is 0 Å². The Hall–Kier alpha value is -3.08. The zero-order valence-electron chi connectivity index (χ0n) is 17.6. The van der Waals surface area contributed by atoms with Crippen molar-refractivity contribution in [1.82, 2.24) is 15.1 Å². The molecule has 0 aliphatic carbocycles. The van der Waals surface area contributed by atoms with Crippen molar-refractivity contribution < 1.29 is 9.53 Å². The summed E-state index contributed by atoms with van der Waals surface area (Å²) in [5, 5.41) is 7.15. The van der Waals surface area contributed by atoms with Crippen LogP contribution in [0.3, 0.4) is 0 Å². The molecule has 2 aromatic carbocycles. The third-order valence-corrected chi connectivity index (χ3v) is 4.80. The van der Waals surface area contributed by atoms with Gasteiger partial charge >= 0.3 is 0 Å². The highest BCUT2D eigenvalue weighted by atomic mass is 16.5. The molecule has 0 bridgehead atoms. The van der Waals surface area contributed by atoms with Gasteiger partial charge in [0.25, 0.3) is 5.91 Å². The van der Waals surface area contributed by atoms with Gasteiger partial charge in [-0.1, -0.05) is 57.2 Å². The molecule has 0 radical (unpaired) electrons. The lowest BCUT2D eigenvalue weighted by molar-refractivity contribution is -0.127. The second-order valence-corrected chi connectivity index (χ2v) is 8.27. The maximum atomic E-state index is 12.4. The van der Waals surface area contributed by atoms with Crippen molar-refractivity contribution >= 4 is 5.91 Å². The Morgan fingerprint density at radius 3 is 2.31 bits per heavy atom. The van der Waals surface area contributed by atoms with E-state index in [9.17, 15) is 4.79 Å². The van der Waals surface area contributed by atoms with Crippen LogP contribution < -0.4 is 10.1 Å². The summed E-state index contributed by atoms with van der Waals surface area (Å²) in [5.74, 6) is 0.564. The Morgan fingerprint density at radius 2 is 1.72 bits per heavy atom. The average Bonchev–Trinajstić information content (AvgIpc) is 3.20. The summed E-state index contributed by atoms with van der Waals surface area (Å²) in [6.07, 6.45) is 3.15. The van der Waals surface area contributed by atoms with Crippen LogP contribution in [-0.4, -0.2) is 21.8 Å². The van der Waals surface area contributed by atoms with E-state index >= 15 is 0 Å². The summed E-state index contributed by atoms with van der Waals surface area (Å²) in [6, 6.07) is 18.0. The van der Waals surface area contributed by atoms with Gasteiger partial charge in [-0.3, -0.25) is 9.48 Å². The van der Waals surface area contributed by atoms with Crippen LogP contribution in [0.25, 0.3) is 0 Å². The van der Waals surface area contributed by atoms with Crippen molar-refractivity contribution in [2.45, 2.75) is 52.3 Å². The Kier molecular flexibility index (Phi) is 6.37. The smallest absolute Gasteiger partial charge is 0.261 e. The molecule has 1 N–H and O–H groups in total. The summed E-state index contributed by atoms with van der Waals surface area (Å²) >= 11 is 0. The number of amides is 1. The van der Waals surface area contributed by atoms with Crippen molar-refractivity contribution in [2.75, 3.05) is 0 Å². The number of hydrogen-bond donors (Lipinski definition) is 1. The normalized spacial score (nSPS) is 12.4. The molecule has 1 heterocycles. The van der Waals surface area contributed by atoms with Gasteiger partial charge in [-0.25, -0.2) is 0 Å². The van der Waals surface area contributed by atoms with Crippen molar-refractivity contribution in [3.8, 4) is 5.75 Å². The lowest BCUT2D eigenvalue weighted by Crippen LogP contribution is -2.35.